The van der Waals surface area contributed by atoms with Crippen molar-refractivity contribution in [2.45, 2.75) is 23.6 Å². The topological polar surface area (TPSA) is 26.3 Å². The molecule has 0 atom stereocenters. The Kier molecular flexibility index (Phi) is 2.41. The lowest BCUT2D eigenvalue weighted by Gasteiger charge is -1.94. The highest BCUT2D eigenvalue weighted by atomic mass is 32.1. The summed E-state index contributed by atoms with van der Waals surface area (Å²) in [6.45, 7) is 3.74. The second-order valence-electron chi connectivity index (χ2n) is 3.14. The lowest BCUT2D eigenvalue weighted by atomic mass is 10.3. The monoisotopic (exact) mass is 226 g/mol. The van der Waals surface area contributed by atoms with Crippen molar-refractivity contribution in [2.75, 3.05) is 0 Å². The summed E-state index contributed by atoms with van der Waals surface area (Å²) in [7, 11) is 0. The summed E-state index contributed by atoms with van der Waals surface area (Å²) < 4.78 is 11.0. The van der Waals surface area contributed by atoms with Crippen LogP contribution in [0.15, 0.2) is 30.8 Å². The van der Waals surface area contributed by atoms with Crippen LogP contribution in [0.4, 0.5) is 0 Å². The molecule has 74 valence electrons. The number of furan rings is 2. The highest BCUT2D eigenvalue weighted by Crippen LogP contribution is 2.35. The Balaban J connectivity index is 2.59. The summed E-state index contributed by atoms with van der Waals surface area (Å²) in [5.74, 6) is 2.91. The summed E-state index contributed by atoms with van der Waals surface area (Å²) in [5, 5.41) is 0. The quantitative estimate of drug-likeness (QED) is 0.725. The first-order valence-corrected chi connectivity index (χ1v) is 5.06. The molecule has 2 nitrogen and oxygen atoms in total. The minimum atomic E-state index is 0.643. The van der Waals surface area contributed by atoms with Gasteiger partial charge >= 0.3 is 0 Å². The molecule has 2 aromatic rings. The Hall–Kier alpha value is -0.740. The molecule has 2 heterocycles. The van der Waals surface area contributed by atoms with Crippen LogP contribution in [0.5, 0.6) is 0 Å². The van der Waals surface area contributed by atoms with E-state index in [4.69, 9.17) is 8.83 Å². The van der Waals surface area contributed by atoms with Gasteiger partial charge in [0.1, 0.15) is 11.5 Å². The third kappa shape index (κ3) is 1.60. The van der Waals surface area contributed by atoms with Crippen molar-refractivity contribution in [3.8, 4) is 11.5 Å². The summed E-state index contributed by atoms with van der Waals surface area (Å²) in [6.07, 6.45) is 0. The molecule has 0 amide bonds. The van der Waals surface area contributed by atoms with Crippen molar-refractivity contribution >= 4 is 25.3 Å². The van der Waals surface area contributed by atoms with Crippen LogP contribution in [0.25, 0.3) is 11.5 Å². The van der Waals surface area contributed by atoms with E-state index in [0.29, 0.717) is 11.5 Å². The zero-order valence-electron chi connectivity index (χ0n) is 7.87. The van der Waals surface area contributed by atoms with Gasteiger partial charge in [-0.2, -0.15) is 0 Å². The van der Waals surface area contributed by atoms with Gasteiger partial charge in [0.25, 0.3) is 0 Å². The molecule has 0 spiro atoms. The normalized spacial score (nSPS) is 10.9. The van der Waals surface area contributed by atoms with E-state index in [9.17, 15) is 0 Å². The van der Waals surface area contributed by atoms with Crippen LogP contribution in [-0.4, -0.2) is 0 Å². The third-order valence-electron chi connectivity index (χ3n) is 1.88. The van der Waals surface area contributed by atoms with Gasteiger partial charge in [-0.1, -0.05) is 0 Å². The SMILES string of the molecule is Cc1cc(S)c(-c2oc(C)cc2S)o1. The molecule has 0 unspecified atom stereocenters. The molecule has 0 aliphatic heterocycles. The van der Waals surface area contributed by atoms with E-state index in [-0.39, 0.29) is 0 Å². The average Bonchev–Trinajstić information content (AvgIpc) is 2.55. The van der Waals surface area contributed by atoms with Crippen molar-refractivity contribution in [3.63, 3.8) is 0 Å². The molecule has 2 rings (SSSR count). The van der Waals surface area contributed by atoms with Crippen LogP contribution in [0.2, 0.25) is 0 Å². The lowest BCUT2D eigenvalue weighted by Crippen LogP contribution is -1.70. The Labute approximate surface area is 93.1 Å². The van der Waals surface area contributed by atoms with Crippen molar-refractivity contribution in [1.29, 1.82) is 0 Å². The molecule has 0 fully saturated rings. The summed E-state index contributed by atoms with van der Waals surface area (Å²) in [4.78, 5) is 1.54. The number of rotatable bonds is 1. The van der Waals surface area contributed by atoms with Crippen molar-refractivity contribution < 1.29 is 8.83 Å². The summed E-state index contributed by atoms with van der Waals surface area (Å²) in [6, 6.07) is 3.70. The molecule has 0 N–H and O–H groups in total. The largest absolute Gasteiger partial charge is 0.457 e. The first-order chi connectivity index (χ1) is 6.58. The van der Waals surface area contributed by atoms with Gasteiger partial charge < -0.3 is 8.83 Å². The minimum absolute atomic E-state index is 0.643. The van der Waals surface area contributed by atoms with Gasteiger partial charge in [0.15, 0.2) is 11.5 Å². The standard InChI is InChI=1S/C10H10O2S2/c1-5-3-7(13)9(11-5)10-8(14)4-6(2)12-10/h3-4,13-14H,1-2H3. The van der Waals surface area contributed by atoms with E-state index in [1.807, 2.05) is 26.0 Å². The van der Waals surface area contributed by atoms with Gasteiger partial charge in [-0.15, -0.1) is 25.3 Å². The van der Waals surface area contributed by atoms with Crippen LogP contribution in [0.3, 0.4) is 0 Å². The van der Waals surface area contributed by atoms with E-state index < -0.39 is 0 Å². The van der Waals surface area contributed by atoms with Crippen molar-refractivity contribution in [1.82, 2.24) is 0 Å². The molecule has 0 saturated carbocycles. The summed E-state index contributed by atoms with van der Waals surface area (Å²) >= 11 is 8.60. The van der Waals surface area contributed by atoms with E-state index >= 15 is 0 Å². The molecule has 14 heavy (non-hydrogen) atoms. The van der Waals surface area contributed by atoms with Crippen LogP contribution in [-0.2, 0) is 0 Å². The van der Waals surface area contributed by atoms with Crippen molar-refractivity contribution in [3.05, 3.63) is 23.7 Å². The first-order valence-electron chi connectivity index (χ1n) is 4.17. The highest BCUT2D eigenvalue weighted by Gasteiger charge is 2.15. The maximum atomic E-state index is 5.48. The molecule has 2 aromatic heterocycles. The number of aryl methyl sites for hydroxylation is 2. The van der Waals surface area contributed by atoms with E-state index in [2.05, 4.69) is 25.3 Å². The summed E-state index contributed by atoms with van der Waals surface area (Å²) in [5.41, 5.74) is 0. The van der Waals surface area contributed by atoms with Gasteiger partial charge in [0, 0.05) is 0 Å². The van der Waals surface area contributed by atoms with Crippen LogP contribution in [0.1, 0.15) is 11.5 Å². The predicted octanol–water partition coefficient (Wildman–Crippen LogP) is 3.73. The average molecular weight is 226 g/mol. The molecule has 0 aliphatic carbocycles. The zero-order chi connectivity index (χ0) is 10.3. The molecular weight excluding hydrogens is 216 g/mol. The fourth-order valence-corrected chi connectivity index (χ4v) is 1.98. The van der Waals surface area contributed by atoms with Gasteiger partial charge in [0.05, 0.1) is 9.79 Å². The van der Waals surface area contributed by atoms with E-state index in [1.165, 1.54) is 0 Å². The maximum Gasteiger partial charge on any atom is 0.183 e. The Morgan fingerprint density at radius 1 is 0.857 bits per heavy atom. The molecule has 0 aliphatic rings. The fourth-order valence-electron chi connectivity index (χ4n) is 1.33. The van der Waals surface area contributed by atoms with E-state index in [1.54, 1.807) is 0 Å². The minimum Gasteiger partial charge on any atom is -0.457 e. The van der Waals surface area contributed by atoms with Crippen LogP contribution < -0.4 is 0 Å². The number of hydrogen-bond donors (Lipinski definition) is 2. The zero-order valence-corrected chi connectivity index (χ0v) is 9.65. The molecular formula is C10H10O2S2. The van der Waals surface area contributed by atoms with Gasteiger partial charge in [-0.3, -0.25) is 0 Å². The molecule has 0 saturated heterocycles. The molecule has 0 radical (unpaired) electrons. The predicted molar refractivity (Wildman–Crippen MR) is 60.4 cm³/mol. The Morgan fingerprint density at radius 2 is 1.21 bits per heavy atom. The number of hydrogen-bond acceptors (Lipinski definition) is 4. The Bertz CT molecular complexity index is 424. The molecule has 0 bridgehead atoms. The smallest absolute Gasteiger partial charge is 0.183 e. The Morgan fingerprint density at radius 3 is 1.43 bits per heavy atom. The first kappa shape index (κ1) is 9.80. The maximum absolute atomic E-state index is 5.48. The van der Waals surface area contributed by atoms with Crippen LogP contribution >= 0.6 is 25.3 Å². The molecule has 0 aromatic carbocycles. The number of thiol groups is 2. The van der Waals surface area contributed by atoms with Crippen LogP contribution in [0, 0.1) is 13.8 Å². The molecule has 4 heteroatoms. The van der Waals surface area contributed by atoms with Gasteiger partial charge in [0.2, 0.25) is 0 Å². The fraction of sp³-hybridized carbons (Fsp3) is 0.200. The second-order valence-corrected chi connectivity index (χ2v) is 4.11. The second kappa shape index (κ2) is 3.44. The lowest BCUT2D eigenvalue weighted by molar-refractivity contribution is 0.488. The van der Waals surface area contributed by atoms with Gasteiger partial charge in [-0.25, -0.2) is 0 Å². The van der Waals surface area contributed by atoms with E-state index in [0.717, 1.165) is 21.3 Å². The van der Waals surface area contributed by atoms with Crippen molar-refractivity contribution in [2.24, 2.45) is 0 Å². The third-order valence-corrected chi connectivity index (χ3v) is 2.54. The van der Waals surface area contributed by atoms with Gasteiger partial charge in [-0.05, 0) is 26.0 Å². The highest BCUT2D eigenvalue weighted by molar-refractivity contribution is 7.80.